The summed E-state index contributed by atoms with van der Waals surface area (Å²) >= 11 is 0. The Morgan fingerprint density at radius 1 is 1.04 bits per heavy atom. The van der Waals surface area contributed by atoms with Gasteiger partial charge in [0.2, 0.25) is 0 Å². The average molecular weight is 338 g/mol. The lowest BCUT2D eigenvalue weighted by atomic mass is 9.70. The molecule has 1 rings (SSSR count). The van der Waals surface area contributed by atoms with Crippen LogP contribution in [-0.2, 0) is 9.31 Å². The summed E-state index contributed by atoms with van der Waals surface area (Å²) in [6, 6.07) is 0. The van der Waals surface area contributed by atoms with Gasteiger partial charge < -0.3 is 14.3 Å². The largest absolute Gasteiger partial charge is 0.458 e. The quantitative estimate of drug-likeness (QED) is 0.365. The second kappa shape index (κ2) is 8.22. The van der Waals surface area contributed by atoms with E-state index in [9.17, 15) is 0 Å². The molecule has 0 aromatic carbocycles. The Bertz CT molecular complexity index is 417. The number of nitrogens with zero attached hydrogens (tertiary/aromatic N) is 2. The summed E-state index contributed by atoms with van der Waals surface area (Å²) in [6.45, 7) is 17.5. The maximum absolute atomic E-state index is 6.21. The van der Waals surface area contributed by atoms with Crippen molar-refractivity contribution in [3.8, 4) is 0 Å². The zero-order chi connectivity index (χ0) is 18.7. The first-order valence-corrected chi connectivity index (χ1v) is 9.52. The molecule has 1 saturated heterocycles. The Hall–Kier alpha value is -0.545. The summed E-state index contributed by atoms with van der Waals surface area (Å²) in [5.74, 6) is 1.39. The molecule has 140 valence electrons. The van der Waals surface area contributed by atoms with Crippen LogP contribution in [-0.4, -0.2) is 43.1 Å². The highest BCUT2D eigenvalue weighted by Crippen LogP contribution is 2.40. The normalized spacial score (nSPS) is 22.8. The molecular weight excluding hydrogens is 299 g/mol. The van der Waals surface area contributed by atoms with E-state index >= 15 is 0 Å². The molecule has 24 heavy (non-hydrogen) atoms. The smallest absolute Gasteiger partial charge is 0.403 e. The van der Waals surface area contributed by atoms with Gasteiger partial charge in [0.1, 0.15) is 0 Å². The van der Waals surface area contributed by atoms with Crippen LogP contribution in [0.1, 0.15) is 68.2 Å². The number of hydrogen-bond donors (Lipinski definition) is 0. The lowest BCUT2D eigenvalue weighted by molar-refractivity contribution is 0.00578. The van der Waals surface area contributed by atoms with Crippen LogP contribution in [0.25, 0.3) is 0 Å². The van der Waals surface area contributed by atoms with Crippen LogP contribution in [0.5, 0.6) is 0 Å². The van der Waals surface area contributed by atoms with E-state index in [-0.39, 0.29) is 18.3 Å². The second-order valence-corrected chi connectivity index (χ2v) is 8.82. The van der Waals surface area contributed by atoms with Crippen molar-refractivity contribution in [3.05, 3.63) is 0 Å². The Morgan fingerprint density at radius 2 is 1.54 bits per heavy atom. The Morgan fingerprint density at radius 3 is 1.92 bits per heavy atom. The minimum absolute atomic E-state index is 0.128. The lowest BCUT2D eigenvalue weighted by Gasteiger charge is -2.32. The standard InChI is InChI=1S/C19H39BN2O2/c1-11-12-16(17(14(2)3)21-22(9)10)15(4)13-20-23-18(5,6)19(7,8)24-20/h14-16H,11-13H2,1-10H3/b21-17+/t15-,16+/m0/s1. The molecule has 2 atom stereocenters. The van der Waals surface area contributed by atoms with Gasteiger partial charge in [0.25, 0.3) is 0 Å². The van der Waals surface area contributed by atoms with E-state index in [1.807, 2.05) is 19.1 Å². The SMILES string of the molecule is CCC[C@@H](/C(=N/N(C)C)C(C)C)[C@@H](C)CB1OC(C)(C)C(C)(C)O1. The number of hydrogen-bond acceptors (Lipinski definition) is 4. The van der Waals surface area contributed by atoms with Crippen molar-refractivity contribution in [2.24, 2.45) is 22.9 Å². The van der Waals surface area contributed by atoms with Gasteiger partial charge in [-0.1, -0.05) is 34.1 Å². The molecular formula is C19H39BN2O2. The minimum atomic E-state index is -0.254. The summed E-state index contributed by atoms with van der Waals surface area (Å²) < 4.78 is 12.4. The fourth-order valence-electron chi connectivity index (χ4n) is 3.41. The predicted octanol–water partition coefficient (Wildman–Crippen LogP) is 4.70. The number of rotatable bonds is 8. The third kappa shape index (κ3) is 5.22. The average Bonchev–Trinajstić information content (AvgIpc) is 2.60. The van der Waals surface area contributed by atoms with Crippen molar-refractivity contribution in [2.45, 2.75) is 85.8 Å². The van der Waals surface area contributed by atoms with Gasteiger partial charge in [-0.05, 0) is 52.3 Å². The summed E-state index contributed by atoms with van der Waals surface area (Å²) in [5.41, 5.74) is 0.790. The van der Waals surface area contributed by atoms with Gasteiger partial charge >= 0.3 is 7.12 Å². The van der Waals surface area contributed by atoms with Crippen LogP contribution in [0.4, 0.5) is 0 Å². The zero-order valence-electron chi connectivity index (χ0n) is 17.6. The molecule has 0 aliphatic carbocycles. The maximum Gasteiger partial charge on any atom is 0.458 e. The third-order valence-electron chi connectivity index (χ3n) is 5.44. The molecule has 0 unspecified atom stereocenters. The van der Waals surface area contributed by atoms with E-state index in [0.717, 1.165) is 19.2 Å². The summed E-state index contributed by atoms with van der Waals surface area (Å²) in [7, 11) is 3.88. The van der Waals surface area contributed by atoms with Crippen LogP contribution < -0.4 is 0 Å². The van der Waals surface area contributed by atoms with Gasteiger partial charge in [-0.15, -0.1) is 0 Å². The van der Waals surface area contributed by atoms with E-state index in [0.29, 0.717) is 17.8 Å². The van der Waals surface area contributed by atoms with Crippen LogP contribution in [0.3, 0.4) is 0 Å². The van der Waals surface area contributed by atoms with E-state index in [1.54, 1.807) is 0 Å². The van der Waals surface area contributed by atoms with Crippen LogP contribution in [0.2, 0.25) is 6.32 Å². The van der Waals surface area contributed by atoms with Crippen molar-refractivity contribution in [2.75, 3.05) is 14.1 Å². The topological polar surface area (TPSA) is 34.1 Å². The monoisotopic (exact) mass is 338 g/mol. The predicted molar refractivity (Wildman–Crippen MR) is 104 cm³/mol. The molecule has 0 radical (unpaired) electrons. The molecule has 0 bridgehead atoms. The molecule has 0 spiro atoms. The Kier molecular flexibility index (Phi) is 7.37. The van der Waals surface area contributed by atoms with Crippen molar-refractivity contribution >= 4 is 12.8 Å². The van der Waals surface area contributed by atoms with Gasteiger partial charge in [0.05, 0.1) is 11.2 Å². The zero-order valence-corrected chi connectivity index (χ0v) is 17.6. The molecule has 0 amide bonds. The van der Waals surface area contributed by atoms with Crippen LogP contribution >= 0.6 is 0 Å². The molecule has 0 aromatic heterocycles. The summed E-state index contributed by atoms with van der Waals surface area (Å²) in [5, 5.41) is 6.75. The second-order valence-electron chi connectivity index (χ2n) is 8.82. The molecule has 0 N–H and O–H groups in total. The minimum Gasteiger partial charge on any atom is -0.403 e. The van der Waals surface area contributed by atoms with Crippen molar-refractivity contribution in [3.63, 3.8) is 0 Å². The highest BCUT2D eigenvalue weighted by atomic mass is 16.7. The van der Waals surface area contributed by atoms with Gasteiger partial charge in [0.15, 0.2) is 0 Å². The van der Waals surface area contributed by atoms with Gasteiger partial charge in [0, 0.05) is 25.7 Å². The molecule has 1 aliphatic rings. The molecule has 5 heteroatoms. The highest BCUT2D eigenvalue weighted by molar-refractivity contribution is 6.45. The number of hydrazone groups is 1. The molecule has 0 saturated carbocycles. The van der Waals surface area contributed by atoms with Crippen LogP contribution in [0.15, 0.2) is 5.10 Å². The van der Waals surface area contributed by atoms with Crippen molar-refractivity contribution in [1.82, 2.24) is 5.01 Å². The van der Waals surface area contributed by atoms with E-state index in [4.69, 9.17) is 14.4 Å². The first-order valence-electron chi connectivity index (χ1n) is 9.52. The fraction of sp³-hybridized carbons (Fsp3) is 0.947. The molecule has 1 heterocycles. The van der Waals surface area contributed by atoms with Crippen molar-refractivity contribution in [1.29, 1.82) is 0 Å². The van der Waals surface area contributed by atoms with Gasteiger partial charge in [-0.2, -0.15) is 5.10 Å². The lowest BCUT2D eigenvalue weighted by Crippen LogP contribution is -2.41. The Labute approximate surface area is 150 Å². The molecule has 0 aromatic rings. The summed E-state index contributed by atoms with van der Waals surface area (Å²) in [4.78, 5) is 0. The van der Waals surface area contributed by atoms with Gasteiger partial charge in [-0.25, -0.2) is 0 Å². The van der Waals surface area contributed by atoms with E-state index in [2.05, 4.69) is 55.4 Å². The van der Waals surface area contributed by atoms with E-state index in [1.165, 1.54) is 5.71 Å². The van der Waals surface area contributed by atoms with E-state index < -0.39 is 0 Å². The molecule has 4 nitrogen and oxygen atoms in total. The summed E-state index contributed by atoms with van der Waals surface area (Å²) in [6.07, 6.45) is 3.24. The molecule has 1 aliphatic heterocycles. The van der Waals surface area contributed by atoms with Gasteiger partial charge in [-0.3, -0.25) is 0 Å². The Balaban J connectivity index is 2.90. The highest BCUT2D eigenvalue weighted by Gasteiger charge is 2.51. The van der Waals surface area contributed by atoms with Crippen LogP contribution in [0, 0.1) is 17.8 Å². The first-order chi connectivity index (χ1) is 10.9. The molecule has 1 fully saturated rings. The maximum atomic E-state index is 6.21. The first kappa shape index (κ1) is 21.5. The van der Waals surface area contributed by atoms with Crippen molar-refractivity contribution < 1.29 is 9.31 Å². The fourth-order valence-corrected chi connectivity index (χ4v) is 3.41. The third-order valence-corrected chi connectivity index (χ3v) is 5.44.